The second-order valence-electron chi connectivity index (χ2n) is 9.71. The van der Waals surface area contributed by atoms with Gasteiger partial charge in [-0.15, -0.1) is 11.3 Å². The molecule has 0 N–H and O–H groups in total. The number of aromatic nitrogens is 2. The van der Waals surface area contributed by atoms with E-state index >= 15 is 0 Å². The lowest BCUT2D eigenvalue weighted by Gasteiger charge is -2.28. The summed E-state index contributed by atoms with van der Waals surface area (Å²) in [6.45, 7) is 5.04. The number of halogens is 3. The summed E-state index contributed by atoms with van der Waals surface area (Å²) < 4.78 is 15.8. The van der Waals surface area contributed by atoms with Crippen LogP contribution in [0.2, 0.25) is 10.0 Å². The monoisotopic (exact) mass is 581 g/mol. The first-order valence-electron chi connectivity index (χ1n) is 12.6. The van der Waals surface area contributed by atoms with Crippen LogP contribution in [-0.4, -0.2) is 33.4 Å². The van der Waals surface area contributed by atoms with E-state index < -0.39 is 11.4 Å². The minimum atomic E-state index is -0.543. The highest BCUT2D eigenvalue weighted by molar-refractivity contribution is 7.13. The van der Waals surface area contributed by atoms with Crippen LogP contribution in [0.5, 0.6) is 0 Å². The second kappa shape index (κ2) is 11.5. The maximum absolute atomic E-state index is 14.5. The molecule has 0 spiro atoms. The molecule has 9 heteroatoms. The third-order valence-electron chi connectivity index (χ3n) is 6.56. The lowest BCUT2D eigenvalue weighted by Crippen LogP contribution is -2.37. The van der Waals surface area contributed by atoms with Gasteiger partial charge < -0.3 is 4.90 Å². The molecule has 2 aromatic heterocycles. The molecule has 0 saturated carbocycles. The molecule has 0 radical (unpaired) electrons. The summed E-state index contributed by atoms with van der Waals surface area (Å²) in [5, 5.41) is 3.10. The topological polar surface area (TPSA) is 55.2 Å². The number of piperidine rings is 1. The molecular weight excluding hydrogens is 556 g/mol. The molecule has 5 nitrogen and oxygen atoms in total. The Morgan fingerprint density at radius 1 is 1.03 bits per heavy atom. The molecule has 0 unspecified atom stereocenters. The van der Waals surface area contributed by atoms with Crippen molar-refractivity contribution in [3.8, 4) is 27.5 Å². The molecule has 0 atom stereocenters. The van der Waals surface area contributed by atoms with Crippen molar-refractivity contribution in [2.45, 2.75) is 33.1 Å². The van der Waals surface area contributed by atoms with E-state index in [1.807, 2.05) is 36.3 Å². The van der Waals surface area contributed by atoms with Gasteiger partial charge in [0.05, 0.1) is 33.2 Å². The number of rotatable bonds is 5. The predicted molar refractivity (Wildman–Crippen MR) is 158 cm³/mol. The Labute approximate surface area is 240 Å². The Bertz CT molecular complexity index is 1630. The molecule has 1 fully saturated rings. The highest BCUT2D eigenvalue weighted by atomic mass is 35.5. The van der Waals surface area contributed by atoms with Crippen LogP contribution in [0.1, 0.15) is 49.2 Å². The molecule has 1 aliphatic rings. The molecule has 200 valence electrons. The number of likely N-dealkylation sites (tertiary alicyclic amines) is 1. The van der Waals surface area contributed by atoms with Gasteiger partial charge in [0.2, 0.25) is 0 Å². The molecule has 1 saturated heterocycles. The maximum Gasteiger partial charge on any atom is 0.265 e. The van der Waals surface area contributed by atoms with E-state index in [9.17, 15) is 14.0 Å². The highest BCUT2D eigenvalue weighted by Crippen LogP contribution is 2.32. The zero-order valence-corrected chi connectivity index (χ0v) is 23.8. The van der Waals surface area contributed by atoms with Crippen LogP contribution in [0, 0.1) is 5.82 Å². The summed E-state index contributed by atoms with van der Waals surface area (Å²) in [5.41, 5.74) is 3.07. The first-order valence-corrected chi connectivity index (χ1v) is 14.3. The normalized spacial score (nSPS) is 13.4. The van der Waals surface area contributed by atoms with Crippen LogP contribution < -0.4 is 5.56 Å². The van der Waals surface area contributed by atoms with E-state index in [-0.39, 0.29) is 22.2 Å². The van der Waals surface area contributed by atoms with Crippen LogP contribution >= 0.6 is 34.5 Å². The number of carbonyl (C=O) groups excluding carboxylic acids is 1. The van der Waals surface area contributed by atoms with Gasteiger partial charge in [0.15, 0.2) is 0 Å². The number of benzene rings is 2. The standard InChI is InChI=1S/C30H26Cl2FN3O2S/c1-18(2)14-26-22(29(37)35-12-4-3-5-13-35)16-23(30(38)36(26)27-15-21(33)10-11-24(27)32)28-34-25(17-39-28)19-6-8-20(31)9-7-19/h6-11,14-17H,3-5,12-13H2,1-2H3. The van der Waals surface area contributed by atoms with Crippen molar-refractivity contribution >= 4 is 46.5 Å². The Morgan fingerprint density at radius 2 is 1.74 bits per heavy atom. The molecule has 0 bridgehead atoms. The molecule has 2 aromatic carbocycles. The zero-order chi connectivity index (χ0) is 27.7. The number of pyridine rings is 1. The van der Waals surface area contributed by atoms with Gasteiger partial charge in [-0.1, -0.05) is 40.9 Å². The summed E-state index contributed by atoms with van der Waals surface area (Å²) in [6, 6.07) is 12.8. The fourth-order valence-electron chi connectivity index (χ4n) is 4.68. The fraction of sp³-hybridized carbons (Fsp3) is 0.233. The number of carbonyl (C=O) groups is 1. The van der Waals surface area contributed by atoms with E-state index in [1.165, 1.54) is 34.1 Å². The van der Waals surface area contributed by atoms with Crippen molar-refractivity contribution in [2.75, 3.05) is 13.1 Å². The highest BCUT2D eigenvalue weighted by Gasteiger charge is 2.27. The van der Waals surface area contributed by atoms with Crippen molar-refractivity contribution < 1.29 is 9.18 Å². The van der Waals surface area contributed by atoms with Crippen LogP contribution in [0.15, 0.2) is 64.3 Å². The van der Waals surface area contributed by atoms with Gasteiger partial charge in [0, 0.05) is 29.1 Å². The lowest BCUT2D eigenvalue weighted by molar-refractivity contribution is 0.0723. The minimum absolute atomic E-state index is 0.165. The summed E-state index contributed by atoms with van der Waals surface area (Å²) >= 11 is 13.9. The number of hydrogen-bond donors (Lipinski definition) is 0. The SMILES string of the molecule is CC(C)=Cc1c(C(=O)N2CCCCC2)cc(-c2nc(-c3ccc(Cl)cc3)cs2)c(=O)n1-c1cc(F)ccc1Cl. The van der Waals surface area contributed by atoms with Gasteiger partial charge >= 0.3 is 0 Å². The molecular formula is C30H26Cl2FN3O2S. The van der Waals surface area contributed by atoms with Gasteiger partial charge in [-0.05, 0) is 75.6 Å². The van der Waals surface area contributed by atoms with E-state index in [0.717, 1.165) is 30.4 Å². The molecule has 0 aliphatic carbocycles. The molecule has 3 heterocycles. The largest absolute Gasteiger partial charge is 0.339 e. The molecule has 39 heavy (non-hydrogen) atoms. The van der Waals surface area contributed by atoms with Gasteiger partial charge in [-0.3, -0.25) is 14.2 Å². The molecule has 1 amide bonds. The molecule has 5 rings (SSSR count). The number of hydrogen-bond acceptors (Lipinski definition) is 4. The first-order chi connectivity index (χ1) is 18.7. The Morgan fingerprint density at radius 3 is 2.44 bits per heavy atom. The summed E-state index contributed by atoms with van der Waals surface area (Å²) in [4.78, 5) is 34.6. The van der Waals surface area contributed by atoms with Gasteiger partial charge in [-0.25, -0.2) is 9.37 Å². The summed E-state index contributed by atoms with van der Waals surface area (Å²) in [6.07, 6.45) is 4.68. The van der Waals surface area contributed by atoms with Crippen LogP contribution in [0.3, 0.4) is 0 Å². The zero-order valence-electron chi connectivity index (χ0n) is 21.5. The van der Waals surface area contributed by atoms with Crippen LogP contribution in [0.4, 0.5) is 4.39 Å². The van der Waals surface area contributed by atoms with Crippen molar-refractivity contribution in [1.82, 2.24) is 14.5 Å². The van der Waals surface area contributed by atoms with Gasteiger partial charge in [0.1, 0.15) is 10.8 Å². The lowest BCUT2D eigenvalue weighted by atomic mass is 10.0. The Kier molecular flexibility index (Phi) is 8.03. The number of allylic oxidation sites excluding steroid dienone is 1. The molecule has 4 aromatic rings. The molecule has 1 aliphatic heterocycles. The minimum Gasteiger partial charge on any atom is -0.339 e. The average molecular weight is 583 g/mol. The fourth-order valence-corrected chi connectivity index (χ4v) is 5.85. The third kappa shape index (κ3) is 5.71. The van der Waals surface area contributed by atoms with Crippen molar-refractivity contribution in [1.29, 1.82) is 0 Å². The van der Waals surface area contributed by atoms with Crippen molar-refractivity contribution in [3.05, 3.63) is 97.0 Å². The summed E-state index contributed by atoms with van der Waals surface area (Å²) in [7, 11) is 0. The van der Waals surface area contributed by atoms with Crippen molar-refractivity contribution in [3.63, 3.8) is 0 Å². The quantitative estimate of drug-likeness (QED) is 0.239. The number of amides is 1. The second-order valence-corrected chi connectivity index (χ2v) is 11.4. The van der Waals surface area contributed by atoms with Crippen molar-refractivity contribution in [2.24, 2.45) is 0 Å². The van der Waals surface area contributed by atoms with E-state index in [4.69, 9.17) is 28.2 Å². The predicted octanol–water partition coefficient (Wildman–Crippen LogP) is 8.12. The van der Waals surface area contributed by atoms with E-state index in [1.54, 1.807) is 24.3 Å². The third-order valence-corrected chi connectivity index (χ3v) is 8.01. The van der Waals surface area contributed by atoms with Gasteiger partial charge in [0.25, 0.3) is 11.5 Å². The van der Waals surface area contributed by atoms with E-state index in [2.05, 4.69) is 0 Å². The van der Waals surface area contributed by atoms with Crippen LogP contribution in [-0.2, 0) is 0 Å². The summed E-state index contributed by atoms with van der Waals surface area (Å²) in [5.74, 6) is -0.725. The van der Waals surface area contributed by atoms with E-state index in [0.29, 0.717) is 40.1 Å². The maximum atomic E-state index is 14.5. The smallest absolute Gasteiger partial charge is 0.265 e. The number of thiazole rings is 1. The van der Waals surface area contributed by atoms with Crippen LogP contribution in [0.25, 0.3) is 33.6 Å². The Hall–Kier alpha value is -3.26. The number of nitrogens with zero attached hydrogens (tertiary/aromatic N) is 3. The van der Waals surface area contributed by atoms with Gasteiger partial charge in [-0.2, -0.15) is 0 Å². The first kappa shape index (κ1) is 27.3. The Balaban J connectivity index is 1.78. The average Bonchev–Trinajstić information content (AvgIpc) is 3.41.